The van der Waals surface area contributed by atoms with Gasteiger partial charge in [-0.25, -0.2) is 0 Å². The molecule has 0 aliphatic heterocycles. The number of nitrogens with one attached hydrogen (secondary N) is 1. The van der Waals surface area contributed by atoms with Crippen LogP contribution >= 0.6 is 0 Å². The highest BCUT2D eigenvalue weighted by Crippen LogP contribution is 2.41. The normalized spacial score (nSPS) is 16.0. The van der Waals surface area contributed by atoms with Crippen molar-refractivity contribution < 1.29 is 0 Å². The van der Waals surface area contributed by atoms with Gasteiger partial charge < -0.3 is 5.73 Å². The van der Waals surface area contributed by atoms with E-state index in [2.05, 4.69) is 22.3 Å². The fraction of sp³-hybridized carbons (Fsp3) is 0.308. The number of nitrogens with zero attached hydrogens (tertiary/aromatic N) is 1. The second kappa shape index (κ2) is 3.67. The fourth-order valence-corrected chi connectivity index (χ4v) is 2.27. The van der Waals surface area contributed by atoms with Gasteiger partial charge in [-0.15, -0.1) is 0 Å². The minimum atomic E-state index is 0.619. The molecule has 1 aliphatic carbocycles. The van der Waals surface area contributed by atoms with Crippen molar-refractivity contribution in [3.05, 3.63) is 36.0 Å². The highest BCUT2D eigenvalue weighted by Gasteiger charge is 2.26. The molecule has 0 amide bonds. The lowest BCUT2D eigenvalue weighted by Crippen LogP contribution is -2.10. The molecule has 3 heteroatoms. The van der Waals surface area contributed by atoms with Crippen LogP contribution in [0.1, 0.15) is 30.9 Å². The topological polar surface area (TPSA) is 54.7 Å². The molecule has 1 saturated carbocycles. The zero-order chi connectivity index (χ0) is 11.0. The number of rotatable bonds is 2. The van der Waals surface area contributed by atoms with Crippen LogP contribution in [0, 0.1) is 0 Å². The summed E-state index contributed by atoms with van der Waals surface area (Å²) in [5.41, 5.74) is 9.43. The third-order valence-corrected chi connectivity index (χ3v) is 3.40. The van der Waals surface area contributed by atoms with E-state index in [0.29, 0.717) is 11.7 Å². The zero-order valence-corrected chi connectivity index (χ0v) is 9.11. The Morgan fingerprint density at radius 2 is 1.94 bits per heavy atom. The van der Waals surface area contributed by atoms with Gasteiger partial charge in [-0.1, -0.05) is 36.8 Å². The lowest BCUT2D eigenvalue weighted by Gasteiger charge is -2.25. The van der Waals surface area contributed by atoms with Gasteiger partial charge in [0.1, 0.15) is 0 Å². The van der Waals surface area contributed by atoms with Crippen molar-refractivity contribution >= 4 is 5.82 Å². The minimum Gasteiger partial charge on any atom is -0.382 e. The van der Waals surface area contributed by atoms with Gasteiger partial charge in [0, 0.05) is 17.2 Å². The number of anilines is 1. The zero-order valence-electron chi connectivity index (χ0n) is 9.11. The molecule has 1 heterocycles. The van der Waals surface area contributed by atoms with Crippen LogP contribution in [0.5, 0.6) is 0 Å². The Bertz CT molecular complexity index is 483. The van der Waals surface area contributed by atoms with Crippen LogP contribution in [0.4, 0.5) is 5.82 Å². The SMILES string of the molecule is Nc1n[nH]c(C2CCC2)c1-c1ccccc1. The first-order valence-corrected chi connectivity index (χ1v) is 5.75. The number of nitrogen functional groups attached to an aromatic ring is 1. The molecule has 3 nitrogen and oxygen atoms in total. The van der Waals surface area contributed by atoms with E-state index in [0.717, 1.165) is 11.1 Å². The van der Waals surface area contributed by atoms with Gasteiger partial charge in [-0.2, -0.15) is 5.10 Å². The number of aromatic amines is 1. The fourth-order valence-electron chi connectivity index (χ4n) is 2.27. The van der Waals surface area contributed by atoms with E-state index in [1.54, 1.807) is 0 Å². The van der Waals surface area contributed by atoms with E-state index in [4.69, 9.17) is 5.73 Å². The number of benzene rings is 1. The van der Waals surface area contributed by atoms with Gasteiger partial charge in [0.25, 0.3) is 0 Å². The second-order valence-electron chi connectivity index (χ2n) is 4.39. The first-order chi connectivity index (χ1) is 7.86. The summed E-state index contributed by atoms with van der Waals surface area (Å²) in [5.74, 6) is 1.24. The molecule has 0 atom stereocenters. The van der Waals surface area contributed by atoms with Crippen molar-refractivity contribution in [2.75, 3.05) is 5.73 Å². The van der Waals surface area contributed by atoms with Crippen molar-refractivity contribution in [1.82, 2.24) is 10.2 Å². The molecule has 1 aromatic heterocycles. The molecule has 16 heavy (non-hydrogen) atoms. The van der Waals surface area contributed by atoms with Crippen LogP contribution in [0.2, 0.25) is 0 Å². The van der Waals surface area contributed by atoms with Gasteiger partial charge >= 0.3 is 0 Å². The Labute approximate surface area is 94.7 Å². The first kappa shape index (κ1) is 9.46. The van der Waals surface area contributed by atoms with Gasteiger partial charge in [0.15, 0.2) is 5.82 Å². The smallest absolute Gasteiger partial charge is 0.153 e. The molecule has 1 fully saturated rings. The van der Waals surface area contributed by atoms with Crippen LogP contribution in [0.3, 0.4) is 0 Å². The Morgan fingerprint density at radius 3 is 2.56 bits per heavy atom. The van der Waals surface area contributed by atoms with Gasteiger partial charge in [-0.05, 0) is 18.4 Å². The predicted octanol–water partition coefficient (Wildman–Crippen LogP) is 2.93. The lowest BCUT2D eigenvalue weighted by atomic mass is 9.80. The molecule has 2 aromatic rings. The standard InChI is InChI=1S/C13H15N3/c14-13-11(9-5-2-1-3-6-9)12(15-16-13)10-7-4-8-10/h1-3,5-6,10H,4,7-8H2,(H3,14,15,16). The summed E-state index contributed by atoms with van der Waals surface area (Å²) in [6.45, 7) is 0. The van der Waals surface area contributed by atoms with Crippen LogP contribution in [-0.2, 0) is 0 Å². The van der Waals surface area contributed by atoms with Crippen LogP contribution in [-0.4, -0.2) is 10.2 Å². The molecule has 0 saturated heterocycles. The Hall–Kier alpha value is -1.77. The molecule has 0 radical (unpaired) electrons. The summed E-state index contributed by atoms with van der Waals surface area (Å²) in [7, 11) is 0. The summed E-state index contributed by atoms with van der Waals surface area (Å²) in [6, 6.07) is 10.3. The maximum atomic E-state index is 5.95. The summed E-state index contributed by atoms with van der Waals surface area (Å²) in [5, 5.41) is 7.25. The molecule has 0 spiro atoms. The van der Waals surface area contributed by atoms with Crippen LogP contribution in [0.15, 0.2) is 30.3 Å². The van der Waals surface area contributed by atoms with E-state index >= 15 is 0 Å². The van der Waals surface area contributed by atoms with E-state index in [-0.39, 0.29) is 0 Å². The predicted molar refractivity (Wildman–Crippen MR) is 65.0 cm³/mol. The van der Waals surface area contributed by atoms with E-state index < -0.39 is 0 Å². The third-order valence-electron chi connectivity index (χ3n) is 3.40. The number of hydrogen-bond donors (Lipinski definition) is 2. The molecule has 1 aromatic carbocycles. The number of nitrogens with two attached hydrogens (primary N) is 1. The summed E-state index contributed by atoms with van der Waals surface area (Å²) in [4.78, 5) is 0. The van der Waals surface area contributed by atoms with Crippen LogP contribution < -0.4 is 5.73 Å². The minimum absolute atomic E-state index is 0.619. The largest absolute Gasteiger partial charge is 0.382 e. The molecule has 1 aliphatic rings. The second-order valence-corrected chi connectivity index (χ2v) is 4.39. The lowest BCUT2D eigenvalue weighted by molar-refractivity contribution is 0.411. The molecular weight excluding hydrogens is 198 g/mol. The average molecular weight is 213 g/mol. The Kier molecular flexibility index (Phi) is 2.17. The van der Waals surface area contributed by atoms with Gasteiger partial charge in [0.05, 0.1) is 0 Å². The van der Waals surface area contributed by atoms with E-state index in [1.165, 1.54) is 25.0 Å². The molecular formula is C13H15N3. The quantitative estimate of drug-likeness (QED) is 0.805. The van der Waals surface area contributed by atoms with Crippen molar-refractivity contribution in [2.24, 2.45) is 0 Å². The molecule has 3 N–H and O–H groups in total. The summed E-state index contributed by atoms with van der Waals surface area (Å²) < 4.78 is 0. The van der Waals surface area contributed by atoms with Crippen molar-refractivity contribution in [3.63, 3.8) is 0 Å². The molecule has 3 rings (SSSR count). The molecule has 82 valence electrons. The third kappa shape index (κ3) is 1.40. The number of aromatic nitrogens is 2. The highest BCUT2D eigenvalue weighted by molar-refractivity contribution is 5.76. The van der Waals surface area contributed by atoms with Crippen molar-refractivity contribution in [2.45, 2.75) is 25.2 Å². The van der Waals surface area contributed by atoms with E-state index in [9.17, 15) is 0 Å². The van der Waals surface area contributed by atoms with E-state index in [1.807, 2.05) is 18.2 Å². The summed E-state index contributed by atoms with van der Waals surface area (Å²) in [6.07, 6.45) is 3.82. The summed E-state index contributed by atoms with van der Waals surface area (Å²) >= 11 is 0. The maximum absolute atomic E-state index is 5.95. The number of H-pyrrole nitrogens is 1. The highest BCUT2D eigenvalue weighted by atomic mass is 15.2. The monoisotopic (exact) mass is 213 g/mol. The first-order valence-electron chi connectivity index (χ1n) is 5.75. The van der Waals surface area contributed by atoms with Gasteiger partial charge in [0.2, 0.25) is 0 Å². The Morgan fingerprint density at radius 1 is 1.19 bits per heavy atom. The molecule has 0 bridgehead atoms. The molecule has 0 unspecified atom stereocenters. The maximum Gasteiger partial charge on any atom is 0.153 e. The van der Waals surface area contributed by atoms with Crippen molar-refractivity contribution in [1.29, 1.82) is 0 Å². The van der Waals surface area contributed by atoms with Gasteiger partial charge in [-0.3, -0.25) is 5.10 Å². The Balaban J connectivity index is 2.08. The number of hydrogen-bond acceptors (Lipinski definition) is 2. The van der Waals surface area contributed by atoms with Crippen molar-refractivity contribution in [3.8, 4) is 11.1 Å². The van der Waals surface area contributed by atoms with Crippen LogP contribution in [0.25, 0.3) is 11.1 Å². The average Bonchev–Trinajstić information content (AvgIpc) is 2.59.